The van der Waals surface area contributed by atoms with E-state index < -0.39 is 14.3 Å². The van der Waals surface area contributed by atoms with E-state index in [9.17, 15) is 9.13 Å². The first kappa shape index (κ1) is 54.9. The van der Waals surface area contributed by atoms with Crippen LogP contribution in [0.1, 0.15) is 18.1 Å². The summed E-state index contributed by atoms with van der Waals surface area (Å²) in [5, 5.41) is 18.3. The van der Waals surface area contributed by atoms with Gasteiger partial charge in [0.15, 0.2) is 0 Å². The topological polar surface area (TPSA) is 34.1 Å². The van der Waals surface area contributed by atoms with Gasteiger partial charge in [0, 0.05) is 10.6 Å². The Balaban J connectivity index is 0.998. The van der Waals surface area contributed by atoms with Crippen LogP contribution in [-0.4, -0.2) is 26.7 Å². The van der Waals surface area contributed by atoms with E-state index in [1.165, 1.54) is 92.6 Å². The number of hydrogen-bond donors (Lipinski definition) is 0. The molecule has 0 heterocycles. The molecule has 0 amide bonds. The van der Waals surface area contributed by atoms with Crippen molar-refractivity contribution in [1.82, 2.24) is 0 Å². The van der Waals surface area contributed by atoms with Crippen molar-refractivity contribution in [3.8, 4) is 77.9 Å². The molecule has 0 atom stereocenters. The first-order valence-corrected chi connectivity index (χ1v) is 35.5. The van der Waals surface area contributed by atoms with E-state index in [1.807, 2.05) is 44.9 Å². The molecular formula is C84H64O2P2. The fourth-order valence-corrected chi connectivity index (χ4v) is 15.8. The molecule has 0 aliphatic heterocycles. The molecule has 15 aromatic carbocycles. The third kappa shape index (κ3) is 9.60. The SMILES string of the molecule is C/C=C\c1c(C)cc2ccccc2c1-c1cc(-c2cccc(P(C)(C)=O)c2)cc(-c2c3ccccc3cc3c(-c4cccc5c(-c6cc(-c7ccc(P(C)(C)=O)cc7)cc(-c7c8ccccc8cc8ccccc78)c6)c6ccccc6cc45)cccc23)c1. The predicted octanol–water partition coefficient (Wildman–Crippen LogP) is 23.3. The standard InChI is InChI=1S/C84H64O2P2/c1-7-21-69-53(2)42-56-22-8-13-29-70(56)81(69)63-46-62(55-27-18-28-68(50-55)88(5,6)86)47-66(48-63)84-74-33-17-12-26-60(74)52-80-76(35-20-37-78(80)84)75-34-19-36-77-79(75)51-59-25-11-16-32-73(59)83(77)65-45-61(54-38-40-67(41-39-54)87(3,4)85)44-64(49-65)82-71-30-14-9-23-57(71)43-58-24-10-15-31-72(58)82/h7-52H,1-6H3/b21-7-. The van der Waals surface area contributed by atoms with Crippen molar-refractivity contribution in [1.29, 1.82) is 0 Å². The Morgan fingerprint density at radius 2 is 0.636 bits per heavy atom. The first-order valence-electron chi connectivity index (χ1n) is 30.3. The van der Waals surface area contributed by atoms with Crippen molar-refractivity contribution in [2.24, 2.45) is 0 Å². The van der Waals surface area contributed by atoms with E-state index in [0.717, 1.165) is 82.4 Å². The lowest BCUT2D eigenvalue weighted by Gasteiger charge is -2.21. The molecule has 0 fully saturated rings. The van der Waals surface area contributed by atoms with Crippen LogP contribution in [0.4, 0.5) is 0 Å². The summed E-state index contributed by atoms with van der Waals surface area (Å²) in [5.41, 5.74) is 18.2. The summed E-state index contributed by atoms with van der Waals surface area (Å²) in [7, 11) is -5.07. The number of hydrogen-bond acceptors (Lipinski definition) is 2. The molecule has 15 aromatic rings. The van der Waals surface area contributed by atoms with Crippen molar-refractivity contribution < 1.29 is 9.13 Å². The average molecular weight is 1170 g/mol. The van der Waals surface area contributed by atoms with Crippen LogP contribution >= 0.6 is 14.3 Å². The Morgan fingerprint density at radius 1 is 0.273 bits per heavy atom. The van der Waals surface area contributed by atoms with Crippen molar-refractivity contribution >= 4 is 106 Å². The lowest BCUT2D eigenvalue weighted by molar-refractivity contribution is 0.587. The Morgan fingerprint density at radius 3 is 1.09 bits per heavy atom. The summed E-state index contributed by atoms with van der Waals surface area (Å²) in [6, 6.07) is 98.2. The average Bonchev–Trinajstić information content (AvgIpc) is 1.07. The van der Waals surface area contributed by atoms with Gasteiger partial charge in [-0.25, -0.2) is 0 Å². The number of allylic oxidation sites excluding steroid dienone is 1. The molecule has 0 saturated heterocycles. The largest absolute Gasteiger partial charge is 0.319 e. The molecule has 422 valence electrons. The normalized spacial score (nSPS) is 12.2. The van der Waals surface area contributed by atoms with Crippen LogP contribution in [0.5, 0.6) is 0 Å². The molecule has 0 spiro atoms. The summed E-state index contributed by atoms with van der Waals surface area (Å²) >= 11 is 0. The Labute approximate surface area is 514 Å². The van der Waals surface area contributed by atoms with Crippen LogP contribution in [0.15, 0.2) is 273 Å². The zero-order valence-electron chi connectivity index (χ0n) is 50.3. The Hall–Kier alpha value is -9.68. The number of benzene rings is 15. The monoisotopic (exact) mass is 1170 g/mol. The molecule has 0 aliphatic rings. The molecule has 0 unspecified atom stereocenters. The van der Waals surface area contributed by atoms with E-state index >= 15 is 0 Å². The van der Waals surface area contributed by atoms with Gasteiger partial charge in [-0.3, -0.25) is 0 Å². The maximum absolute atomic E-state index is 13.8. The fraction of sp³-hybridized carbons (Fsp3) is 0.0714. The lowest BCUT2D eigenvalue weighted by atomic mass is 9.83. The van der Waals surface area contributed by atoms with Gasteiger partial charge in [-0.2, -0.15) is 0 Å². The summed E-state index contributed by atoms with van der Waals surface area (Å²) in [6.45, 7) is 11.7. The van der Waals surface area contributed by atoms with E-state index in [1.54, 1.807) is 0 Å². The van der Waals surface area contributed by atoms with E-state index in [4.69, 9.17) is 0 Å². The molecule has 15 rings (SSSR count). The molecule has 0 bridgehead atoms. The lowest BCUT2D eigenvalue weighted by Crippen LogP contribution is -2.02. The summed E-state index contributed by atoms with van der Waals surface area (Å²) in [6.07, 6.45) is 4.40. The number of aryl methyl sites for hydroxylation is 1. The van der Waals surface area contributed by atoms with Crippen LogP contribution in [0.25, 0.3) is 159 Å². The van der Waals surface area contributed by atoms with Crippen molar-refractivity contribution in [3.63, 3.8) is 0 Å². The van der Waals surface area contributed by atoms with Crippen molar-refractivity contribution in [2.75, 3.05) is 26.7 Å². The second-order valence-corrected chi connectivity index (χ2v) is 31.0. The van der Waals surface area contributed by atoms with E-state index in [-0.39, 0.29) is 0 Å². The quantitative estimate of drug-likeness (QED) is 0.101. The fourth-order valence-electron chi connectivity index (χ4n) is 14.0. The zero-order valence-corrected chi connectivity index (χ0v) is 52.1. The number of rotatable bonds is 10. The highest BCUT2D eigenvalue weighted by atomic mass is 31.2. The van der Waals surface area contributed by atoms with Gasteiger partial charge in [0.25, 0.3) is 0 Å². The second-order valence-electron chi connectivity index (χ2n) is 24.5. The molecular weight excluding hydrogens is 1100 g/mol. The minimum Gasteiger partial charge on any atom is -0.319 e. The third-order valence-corrected chi connectivity index (χ3v) is 21.2. The van der Waals surface area contributed by atoms with Gasteiger partial charge in [-0.15, -0.1) is 0 Å². The molecule has 4 heteroatoms. The van der Waals surface area contributed by atoms with Crippen LogP contribution in [-0.2, 0) is 9.13 Å². The Bertz CT molecular complexity index is 5470. The highest BCUT2D eigenvalue weighted by Crippen LogP contribution is 2.49. The molecule has 0 aromatic heterocycles. The highest BCUT2D eigenvalue weighted by molar-refractivity contribution is 7.70. The summed E-state index contributed by atoms with van der Waals surface area (Å²) < 4.78 is 27.2. The molecule has 0 saturated carbocycles. The van der Waals surface area contributed by atoms with Crippen LogP contribution in [0.3, 0.4) is 0 Å². The van der Waals surface area contributed by atoms with Gasteiger partial charge in [-0.05, 0) is 266 Å². The van der Waals surface area contributed by atoms with Gasteiger partial charge >= 0.3 is 0 Å². The summed E-state index contributed by atoms with van der Waals surface area (Å²) in [4.78, 5) is 0. The summed E-state index contributed by atoms with van der Waals surface area (Å²) in [5.74, 6) is 0. The van der Waals surface area contributed by atoms with Gasteiger partial charge in [0.05, 0.1) is 0 Å². The maximum atomic E-state index is 13.8. The van der Waals surface area contributed by atoms with Crippen LogP contribution in [0, 0.1) is 6.92 Å². The molecule has 0 aliphatic carbocycles. The zero-order chi connectivity index (χ0) is 60.0. The van der Waals surface area contributed by atoms with E-state index in [2.05, 4.69) is 275 Å². The predicted molar refractivity (Wildman–Crippen MR) is 385 cm³/mol. The van der Waals surface area contributed by atoms with Gasteiger partial charge in [-0.1, -0.05) is 218 Å². The van der Waals surface area contributed by atoms with Crippen LogP contribution in [0.2, 0.25) is 0 Å². The highest BCUT2D eigenvalue weighted by Gasteiger charge is 2.23. The van der Waals surface area contributed by atoms with E-state index in [0.29, 0.717) is 0 Å². The Kier molecular flexibility index (Phi) is 13.5. The molecule has 88 heavy (non-hydrogen) atoms. The van der Waals surface area contributed by atoms with Crippen LogP contribution < -0.4 is 10.6 Å². The van der Waals surface area contributed by atoms with Crippen molar-refractivity contribution in [2.45, 2.75) is 13.8 Å². The van der Waals surface area contributed by atoms with Gasteiger partial charge in [0.1, 0.15) is 14.3 Å². The van der Waals surface area contributed by atoms with Gasteiger partial charge < -0.3 is 9.13 Å². The van der Waals surface area contributed by atoms with Gasteiger partial charge in [0.2, 0.25) is 0 Å². The minimum absolute atomic E-state index is 0.863. The number of fused-ring (bicyclic) bond motifs is 7. The molecule has 0 radical (unpaired) electrons. The third-order valence-electron chi connectivity index (χ3n) is 18.1. The smallest absolute Gasteiger partial charge is 0.109 e. The maximum Gasteiger partial charge on any atom is 0.109 e. The second kappa shape index (κ2) is 21.6. The molecule has 2 nitrogen and oxygen atoms in total. The minimum atomic E-state index is -2.58. The van der Waals surface area contributed by atoms with Crippen molar-refractivity contribution in [3.05, 3.63) is 284 Å². The molecule has 0 N–H and O–H groups in total. The first-order chi connectivity index (χ1) is 42.7.